The Morgan fingerprint density at radius 3 is 1.48 bits per heavy atom. The molecule has 0 N–H and O–H groups in total. The third kappa shape index (κ3) is 3.99. The number of imide groups is 1. The van der Waals surface area contributed by atoms with E-state index in [9.17, 15) is 28.0 Å². The van der Waals surface area contributed by atoms with Crippen molar-refractivity contribution in [1.82, 2.24) is 0 Å². The second-order valence-corrected chi connectivity index (χ2v) is 11.6. The Kier molecular flexibility index (Phi) is 6.77. The van der Waals surface area contributed by atoms with Crippen LogP contribution in [0.2, 0.25) is 0 Å². The summed E-state index contributed by atoms with van der Waals surface area (Å²) >= 11 is 0. The Morgan fingerprint density at radius 2 is 1.02 bits per heavy atom. The van der Waals surface area contributed by atoms with Crippen LogP contribution in [0.25, 0.3) is 55.3 Å². The van der Waals surface area contributed by atoms with Gasteiger partial charge in [-0.1, -0.05) is 48.5 Å². The summed E-state index contributed by atoms with van der Waals surface area (Å²) in [6.45, 7) is 0. The van der Waals surface area contributed by atoms with E-state index < -0.39 is 46.6 Å². The van der Waals surface area contributed by atoms with E-state index in [-0.39, 0.29) is 27.2 Å². The molecule has 2 amide bonds. The van der Waals surface area contributed by atoms with Gasteiger partial charge in [-0.25, -0.2) is 26.9 Å². The summed E-state index contributed by atoms with van der Waals surface area (Å²) in [7, 11) is 2.92. The summed E-state index contributed by atoms with van der Waals surface area (Å²) in [6.07, 6.45) is 0. The molecule has 6 nitrogen and oxygen atoms in total. The fraction of sp³-hybridized carbons (Fsp3) is 0.0513. The number of hydrogen-bond acceptors (Lipinski definition) is 5. The van der Waals surface area contributed by atoms with Crippen LogP contribution in [-0.4, -0.2) is 26.0 Å². The summed E-state index contributed by atoms with van der Waals surface area (Å²) in [6, 6.07) is 23.8. The molecule has 1 aliphatic carbocycles. The number of carbonyl (C=O) groups excluding carboxylic acids is 2. The molecule has 0 saturated carbocycles. The van der Waals surface area contributed by atoms with Gasteiger partial charge in [-0.3, -0.25) is 9.59 Å². The molecule has 1 aliphatic heterocycles. The molecule has 0 unspecified atom stereocenters. The molecular weight excluding hydrogens is 655 g/mol. The van der Waals surface area contributed by atoms with Gasteiger partial charge in [0.15, 0.2) is 23.3 Å². The highest BCUT2D eigenvalue weighted by molar-refractivity contribution is 6.41. The second-order valence-electron chi connectivity index (χ2n) is 11.6. The van der Waals surface area contributed by atoms with Gasteiger partial charge < -0.3 is 9.47 Å². The molecule has 0 radical (unpaired) electrons. The highest BCUT2D eigenvalue weighted by Gasteiger charge is 2.48. The van der Waals surface area contributed by atoms with Crippen LogP contribution in [0.4, 0.5) is 27.6 Å². The Hall–Kier alpha value is -6.54. The fourth-order valence-corrected chi connectivity index (χ4v) is 7.04. The lowest BCUT2D eigenvalue weighted by atomic mass is 9.81. The van der Waals surface area contributed by atoms with Crippen molar-refractivity contribution in [1.29, 1.82) is 5.26 Å². The smallest absolute Gasteiger partial charge is 0.267 e. The fourth-order valence-electron chi connectivity index (χ4n) is 7.04. The number of hydrogen-bond donors (Lipinski definition) is 0. The second kappa shape index (κ2) is 11.0. The number of fused-ring (bicyclic) bond motifs is 4. The SMILES string of the molecule is COc1ccc(-c2c3c(c(-c4ccc(OC)cc4)c4c2-c2cccc5c(C#N)ccc-4c25)C(=O)N(c2c(F)c(F)c(F)c(F)c2F)C3=O)cc1. The molecular formula is C39H19F5N2O4. The Balaban J connectivity index is 1.56. The van der Waals surface area contributed by atoms with E-state index >= 15 is 8.78 Å². The van der Waals surface area contributed by atoms with Crippen LogP contribution in [0, 0.1) is 40.4 Å². The van der Waals surface area contributed by atoms with Crippen molar-refractivity contribution in [2.24, 2.45) is 0 Å². The Bertz CT molecular complexity index is 2430. The van der Waals surface area contributed by atoms with Crippen LogP contribution >= 0.6 is 0 Å². The maximum atomic E-state index is 15.4. The van der Waals surface area contributed by atoms with E-state index in [0.29, 0.717) is 61.2 Å². The van der Waals surface area contributed by atoms with Gasteiger partial charge in [0.25, 0.3) is 11.8 Å². The van der Waals surface area contributed by atoms with Gasteiger partial charge >= 0.3 is 0 Å². The average Bonchev–Trinajstić information content (AvgIpc) is 3.61. The summed E-state index contributed by atoms with van der Waals surface area (Å²) in [5.74, 6) is -13.4. The molecule has 0 aromatic heterocycles. The van der Waals surface area contributed by atoms with Gasteiger partial charge in [0.2, 0.25) is 5.82 Å². The number of ether oxygens (including phenoxy) is 2. The number of anilines is 1. The van der Waals surface area contributed by atoms with Gasteiger partial charge in [0, 0.05) is 16.5 Å². The van der Waals surface area contributed by atoms with Crippen molar-refractivity contribution < 1.29 is 41.0 Å². The number of benzene rings is 6. The minimum Gasteiger partial charge on any atom is -0.497 e. The molecule has 0 bridgehead atoms. The number of nitrogens with zero attached hydrogens (tertiary/aromatic N) is 2. The minimum atomic E-state index is -2.43. The first-order valence-electron chi connectivity index (χ1n) is 15.0. The van der Waals surface area contributed by atoms with Gasteiger partial charge in [0.1, 0.15) is 17.2 Å². The first-order valence-corrected chi connectivity index (χ1v) is 15.0. The monoisotopic (exact) mass is 674 g/mol. The quantitative estimate of drug-likeness (QED) is 0.0788. The molecule has 244 valence electrons. The highest BCUT2D eigenvalue weighted by atomic mass is 19.2. The Morgan fingerprint density at radius 1 is 0.560 bits per heavy atom. The van der Waals surface area contributed by atoms with E-state index in [0.717, 1.165) is 0 Å². The number of methoxy groups -OCH3 is 2. The molecule has 2 aliphatic rings. The number of nitriles is 1. The van der Waals surface area contributed by atoms with Gasteiger partial charge in [0.05, 0.1) is 37.0 Å². The maximum Gasteiger partial charge on any atom is 0.267 e. The summed E-state index contributed by atoms with van der Waals surface area (Å²) < 4.78 is 84.7. The number of amides is 2. The van der Waals surface area contributed by atoms with E-state index in [1.54, 1.807) is 78.9 Å². The van der Waals surface area contributed by atoms with E-state index in [1.165, 1.54) is 14.2 Å². The van der Waals surface area contributed by atoms with E-state index in [1.807, 2.05) is 0 Å². The number of halogens is 5. The number of carbonyl (C=O) groups is 2. The largest absolute Gasteiger partial charge is 0.497 e. The van der Waals surface area contributed by atoms with Crippen molar-refractivity contribution in [2.45, 2.75) is 0 Å². The zero-order valence-corrected chi connectivity index (χ0v) is 25.9. The summed E-state index contributed by atoms with van der Waals surface area (Å²) in [5, 5.41) is 11.2. The van der Waals surface area contributed by atoms with Crippen molar-refractivity contribution in [2.75, 3.05) is 19.1 Å². The molecule has 0 spiro atoms. The molecule has 0 saturated heterocycles. The van der Waals surface area contributed by atoms with E-state index in [4.69, 9.17) is 9.47 Å². The van der Waals surface area contributed by atoms with Crippen LogP contribution in [0.15, 0.2) is 78.9 Å². The normalized spacial score (nSPS) is 12.7. The minimum absolute atomic E-state index is 0.0103. The van der Waals surface area contributed by atoms with Crippen molar-refractivity contribution in [3.8, 4) is 62.1 Å². The zero-order valence-electron chi connectivity index (χ0n) is 25.9. The van der Waals surface area contributed by atoms with Gasteiger partial charge in [-0.2, -0.15) is 5.26 Å². The van der Waals surface area contributed by atoms with Crippen molar-refractivity contribution in [3.63, 3.8) is 0 Å². The lowest BCUT2D eigenvalue weighted by molar-refractivity contribution is 0.0923. The van der Waals surface area contributed by atoms with Gasteiger partial charge in [-0.15, -0.1) is 0 Å². The third-order valence-corrected chi connectivity index (χ3v) is 9.20. The molecule has 0 atom stereocenters. The lowest BCUT2D eigenvalue weighted by Gasteiger charge is -2.20. The first-order chi connectivity index (χ1) is 24.1. The molecule has 0 fully saturated rings. The van der Waals surface area contributed by atoms with Crippen molar-refractivity contribution in [3.05, 3.63) is 125 Å². The van der Waals surface area contributed by atoms with Gasteiger partial charge in [-0.05, 0) is 69.1 Å². The lowest BCUT2D eigenvalue weighted by Crippen LogP contribution is -2.32. The molecule has 6 aromatic carbocycles. The van der Waals surface area contributed by atoms with Crippen LogP contribution in [0.1, 0.15) is 26.3 Å². The Labute approximate surface area is 280 Å². The predicted octanol–water partition coefficient (Wildman–Crippen LogP) is 9.21. The number of rotatable bonds is 5. The van der Waals surface area contributed by atoms with Crippen LogP contribution < -0.4 is 14.4 Å². The highest BCUT2D eigenvalue weighted by Crippen LogP contribution is 2.59. The van der Waals surface area contributed by atoms with Crippen LogP contribution in [0.5, 0.6) is 11.5 Å². The average molecular weight is 675 g/mol. The predicted molar refractivity (Wildman–Crippen MR) is 174 cm³/mol. The topological polar surface area (TPSA) is 79.6 Å². The molecule has 1 heterocycles. The molecule has 50 heavy (non-hydrogen) atoms. The third-order valence-electron chi connectivity index (χ3n) is 9.20. The van der Waals surface area contributed by atoms with E-state index in [2.05, 4.69) is 6.07 Å². The standard InChI is InChI=1S/C39H19F5N2O4/c1-49-20-11-6-17(7-12-20)25-28-23-5-3-4-22-19(16-45)10-15-24(27(22)23)29(28)26(18-8-13-21(50-2)14-9-18)31-30(25)38(47)46(39(31)48)37-35(43)33(41)32(40)34(42)36(37)44/h3-15H,1-2H3. The molecule has 6 aromatic rings. The van der Waals surface area contributed by atoms with Crippen LogP contribution in [0.3, 0.4) is 0 Å². The summed E-state index contributed by atoms with van der Waals surface area (Å²) in [4.78, 5) is 29.2. The molecule has 8 rings (SSSR count). The van der Waals surface area contributed by atoms with Crippen LogP contribution in [-0.2, 0) is 0 Å². The maximum absolute atomic E-state index is 15.4. The first kappa shape index (κ1) is 30.8. The zero-order chi connectivity index (χ0) is 35.2. The van der Waals surface area contributed by atoms with Crippen molar-refractivity contribution >= 4 is 28.3 Å². The molecule has 11 heteroatoms. The summed E-state index contributed by atoms with van der Waals surface area (Å²) in [5.41, 5.74) is 1.37.